The largest absolute Gasteiger partial charge is 0.338 e. The summed E-state index contributed by atoms with van der Waals surface area (Å²) < 4.78 is 5.13. The van der Waals surface area contributed by atoms with Crippen molar-refractivity contribution in [1.29, 1.82) is 0 Å². The van der Waals surface area contributed by atoms with Crippen LogP contribution < -0.4 is 5.32 Å². The van der Waals surface area contributed by atoms with E-state index in [0.717, 1.165) is 28.4 Å². The summed E-state index contributed by atoms with van der Waals surface area (Å²) >= 11 is 1.37. The number of amides is 1. The highest BCUT2D eigenvalue weighted by Gasteiger charge is 2.18. The van der Waals surface area contributed by atoms with Gasteiger partial charge in [0, 0.05) is 5.56 Å². The van der Waals surface area contributed by atoms with Crippen LogP contribution in [0.25, 0.3) is 0 Å². The zero-order valence-corrected chi connectivity index (χ0v) is 11.6. The second-order valence-electron chi connectivity index (χ2n) is 4.04. The quantitative estimate of drug-likeness (QED) is 0.926. The van der Waals surface area contributed by atoms with Gasteiger partial charge in [-0.05, 0) is 27.2 Å². The minimum atomic E-state index is -0.194. The predicted molar refractivity (Wildman–Crippen MR) is 70.2 cm³/mol. The number of carbonyl (C=O) groups excluding carboxylic acids is 1. The van der Waals surface area contributed by atoms with Gasteiger partial charge in [0.05, 0.1) is 16.4 Å². The fraction of sp³-hybridized carbons (Fsp3) is 0.417. The fourth-order valence-corrected chi connectivity index (χ4v) is 2.53. The van der Waals surface area contributed by atoms with Gasteiger partial charge in [-0.3, -0.25) is 10.1 Å². The molecular weight excluding hydrogens is 250 g/mol. The summed E-state index contributed by atoms with van der Waals surface area (Å²) in [6.45, 7) is 7.58. The number of aromatic nitrogens is 2. The van der Waals surface area contributed by atoms with Gasteiger partial charge in [0.15, 0.2) is 0 Å². The lowest BCUT2D eigenvalue weighted by Gasteiger charge is -2.00. The maximum absolute atomic E-state index is 12.1. The zero-order valence-electron chi connectivity index (χ0n) is 10.8. The third-order valence-corrected chi connectivity index (χ3v) is 3.76. The van der Waals surface area contributed by atoms with Gasteiger partial charge < -0.3 is 4.52 Å². The summed E-state index contributed by atoms with van der Waals surface area (Å²) in [5.74, 6) is 0.224. The molecule has 0 bridgehead atoms. The summed E-state index contributed by atoms with van der Waals surface area (Å²) in [6.07, 6.45) is 0.782. The van der Waals surface area contributed by atoms with Crippen molar-refractivity contribution in [2.75, 3.05) is 5.32 Å². The number of rotatable bonds is 3. The Morgan fingerprint density at radius 3 is 2.61 bits per heavy atom. The van der Waals surface area contributed by atoms with Gasteiger partial charge in [-0.2, -0.15) is 0 Å². The smallest absolute Gasteiger partial charge is 0.270 e. The number of anilines is 1. The van der Waals surface area contributed by atoms with Crippen molar-refractivity contribution in [3.8, 4) is 0 Å². The molecule has 2 aromatic rings. The lowest BCUT2D eigenvalue weighted by atomic mass is 10.2. The van der Waals surface area contributed by atoms with Crippen LogP contribution in [-0.2, 0) is 6.42 Å². The minimum absolute atomic E-state index is 0.194. The highest BCUT2D eigenvalue weighted by atomic mass is 32.1. The summed E-state index contributed by atoms with van der Waals surface area (Å²) in [4.78, 5) is 16.9. The van der Waals surface area contributed by atoms with E-state index in [1.165, 1.54) is 11.3 Å². The van der Waals surface area contributed by atoms with Crippen molar-refractivity contribution in [2.45, 2.75) is 34.1 Å². The number of nitrogens with zero attached hydrogens (tertiary/aromatic N) is 2. The Balaban J connectivity index is 2.21. The van der Waals surface area contributed by atoms with E-state index in [-0.39, 0.29) is 5.91 Å². The number of hydrogen-bond donors (Lipinski definition) is 1. The van der Waals surface area contributed by atoms with Crippen LogP contribution in [0, 0.1) is 20.8 Å². The van der Waals surface area contributed by atoms with E-state index in [1.807, 2.05) is 27.7 Å². The Kier molecular flexibility index (Phi) is 3.47. The van der Waals surface area contributed by atoms with Gasteiger partial charge in [0.25, 0.3) is 5.91 Å². The molecule has 0 saturated carbocycles. The summed E-state index contributed by atoms with van der Waals surface area (Å²) in [6, 6.07) is 0. The van der Waals surface area contributed by atoms with Crippen molar-refractivity contribution in [2.24, 2.45) is 0 Å². The molecule has 0 fully saturated rings. The highest BCUT2D eigenvalue weighted by Crippen LogP contribution is 2.22. The topological polar surface area (TPSA) is 68.0 Å². The number of hydrogen-bond acceptors (Lipinski definition) is 5. The Morgan fingerprint density at radius 1 is 1.39 bits per heavy atom. The molecule has 0 saturated heterocycles. The number of aryl methyl sites for hydroxylation is 3. The van der Waals surface area contributed by atoms with Crippen molar-refractivity contribution < 1.29 is 9.32 Å². The molecule has 96 valence electrons. The third-order valence-electron chi connectivity index (χ3n) is 2.69. The summed E-state index contributed by atoms with van der Waals surface area (Å²) in [7, 11) is 0. The van der Waals surface area contributed by atoms with Gasteiger partial charge in [-0.15, -0.1) is 11.3 Å². The fourth-order valence-electron chi connectivity index (χ4n) is 1.72. The normalized spacial score (nSPS) is 10.7. The second-order valence-corrected chi connectivity index (χ2v) is 5.24. The molecule has 0 aromatic carbocycles. The van der Waals surface area contributed by atoms with Gasteiger partial charge in [0.2, 0.25) is 5.88 Å². The molecule has 5 nitrogen and oxygen atoms in total. The van der Waals surface area contributed by atoms with E-state index in [9.17, 15) is 4.79 Å². The predicted octanol–water partition coefficient (Wildman–Crippen LogP) is 2.87. The van der Waals surface area contributed by atoms with Crippen LogP contribution in [0.1, 0.15) is 38.6 Å². The molecule has 2 rings (SSSR count). The van der Waals surface area contributed by atoms with Crippen LogP contribution >= 0.6 is 11.3 Å². The summed E-state index contributed by atoms with van der Waals surface area (Å²) in [5.41, 5.74) is 2.48. The molecule has 0 unspecified atom stereocenters. The molecule has 2 heterocycles. The monoisotopic (exact) mass is 265 g/mol. The molecule has 1 amide bonds. The molecule has 0 spiro atoms. The number of nitrogens with one attached hydrogen (secondary N) is 1. The Labute approximate surface area is 109 Å². The molecule has 1 N–H and O–H groups in total. The van der Waals surface area contributed by atoms with Crippen LogP contribution in [0.4, 0.5) is 5.88 Å². The lowest BCUT2D eigenvalue weighted by molar-refractivity contribution is 0.102. The average molecular weight is 265 g/mol. The van der Waals surface area contributed by atoms with E-state index in [0.29, 0.717) is 10.8 Å². The second kappa shape index (κ2) is 4.89. The first-order valence-electron chi connectivity index (χ1n) is 5.73. The van der Waals surface area contributed by atoms with Gasteiger partial charge >= 0.3 is 0 Å². The van der Waals surface area contributed by atoms with Crippen LogP contribution in [-0.4, -0.2) is 16.0 Å². The molecule has 2 aromatic heterocycles. The van der Waals surface area contributed by atoms with E-state index in [1.54, 1.807) is 0 Å². The molecule has 0 aliphatic carbocycles. The van der Waals surface area contributed by atoms with E-state index in [2.05, 4.69) is 15.5 Å². The maximum Gasteiger partial charge on any atom is 0.270 e. The Morgan fingerprint density at radius 2 is 2.11 bits per heavy atom. The van der Waals surface area contributed by atoms with Crippen LogP contribution in [0.2, 0.25) is 0 Å². The van der Waals surface area contributed by atoms with E-state index >= 15 is 0 Å². The highest BCUT2D eigenvalue weighted by molar-refractivity contribution is 7.13. The van der Waals surface area contributed by atoms with Gasteiger partial charge in [-0.1, -0.05) is 12.1 Å². The van der Waals surface area contributed by atoms with Gasteiger partial charge in [0.1, 0.15) is 4.88 Å². The Bertz CT molecular complexity index is 586. The van der Waals surface area contributed by atoms with Crippen LogP contribution in [0.15, 0.2) is 4.52 Å². The lowest BCUT2D eigenvalue weighted by Crippen LogP contribution is -2.11. The standard InChI is InChI=1S/C12H15N3O2S/c1-5-9-6(2)12(17-15-9)14-11(16)10-7(3)13-8(4)18-10/h5H2,1-4H3,(H,14,16). The number of carbonyl (C=O) groups is 1. The Hall–Kier alpha value is -1.69. The first kappa shape index (κ1) is 12.8. The zero-order chi connectivity index (χ0) is 13.3. The average Bonchev–Trinajstić information content (AvgIpc) is 2.83. The molecule has 0 atom stereocenters. The van der Waals surface area contributed by atoms with E-state index < -0.39 is 0 Å². The van der Waals surface area contributed by atoms with E-state index in [4.69, 9.17) is 4.52 Å². The minimum Gasteiger partial charge on any atom is -0.338 e. The molecule has 18 heavy (non-hydrogen) atoms. The third kappa shape index (κ3) is 2.28. The molecule has 0 aliphatic heterocycles. The van der Waals surface area contributed by atoms with Gasteiger partial charge in [-0.25, -0.2) is 4.98 Å². The molecule has 6 heteroatoms. The van der Waals surface area contributed by atoms with Crippen molar-refractivity contribution >= 4 is 23.1 Å². The van der Waals surface area contributed by atoms with Crippen molar-refractivity contribution in [1.82, 2.24) is 10.1 Å². The van der Waals surface area contributed by atoms with Crippen LogP contribution in [0.5, 0.6) is 0 Å². The first-order chi connectivity index (χ1) is 8.52. The molecular formula is C12H15N3O2S. The number of thiazole rings is 1. The first-order valence-corrected chi connectivity index (χ1v) is 6.55. The maximum atomic E-state index is 12.1. The molecule has 0 aliphatic rings. The van der Waals surface area contributed by atoms with Crippen molar-refractivity contribution in [3.05, 3.63) is 26.8 Å². The molecule has 0 radical (unpaired) electrons. The van der Waals surface area contributed by atoms with Crippen LogP contribution in [0.3, 0.4) is 0 Å². The van der Waals surface area contributed by atoms with Crippen molar-refractivity contribution in [3.63, 3.8) is 0 Å². The SMILES string of the molecule is CCc1noc(NC(=O)c2sc(C)nc2C)c1C. The summed E-state index contributed by atoms with van der Waals surface area (Å²) in [5, 5.41) is 7.52.